The van der Waals surface area contributed by atoms with Crippen LogP contribution in [-0.4, -0.2) is 52.4 Å². The van der Waals surface area contributed by atoms with Gasteiger partial charge in [-0.15, -0.1) is 0 Å². The number of likely N-dealkylation sites (tertiary alicyclic amines) is 1. The zero-order valence-corrected chi connectivity index (χ0v) is 20.6. The Bertz CT molecular complexity index is 937. The lowest BCUT2D eigenvalue weighted by Crippen LogP contribution is -2.47. The zero-order valence-electron chi connectivity index (χ0n) is 20.6. The summed E-state index contributed by atoms with van der Waals surface area (Å²) in [5.74, 6) is -0.486. The van der Waals surface area contributed by atoms with Gasteiger partial charge in [0.15, 0.2) is 0 Å². The minimum Gasteiger partial charge on any atom is -0.481 e. The van der Waals surface area contributed by atoms with Crippen LogP contribution in [-0.2, 0) is 16.1 Å². The Hall–Kier alpha value is -2.47. The van der Waals surface area contributed by atoms with Gasteiger partial charge in [0.25, 0.3) is 0 Å². The number of hydrogen-bond donors (Lipinski definition) is 2. The first kappa shape index (κ1) is 25.6. The molecule has 1 aliphatic heterocycles. The number of benzene rings is 2. The molecule has 1 saturated carbocycles. The number of ether oxygens (including phenoxy) is 1. The Labute approximate surface area is 209 Å². The van der Waals surface area contributed by atoms with Crippen LogP contribution in [0, 0.1) is 5.92 Å². The quantitative estimate of drug-likeness (QED) is 0.408. The first-order valence-electron chi connectivity index (χ1n) is 13.2. The summed E-state index contributed by atoms with van der Waals surface area (Å²) in [5, 5.41) is 19.9. The Morgan fingerprint density at radius 1 is 0.943 bits per heavy atom. The molecule has 1 heterocycles. The first-order chi connectivity index (χ1) is 17.1. The van der Waals surface area contributed by atoms with Gasteiger partial charge in [-0.3, -0.25) is 9.69 Å². The number of nitrogens with zero attached hydrogens (tertiary/aromatic N) is 1. The van der Waals surface area contributed by atoms with Crippen molar-refractivity contribution in [2.45, 2.75) is 76.2 Å². The molecule has 0 aromatic heterocycles. The van der Waals surface area contributed by atoms with Crippen LogP contribution < -0.4 is 0 Å². The molecule has 2 aliphatic rings. The van der Waals surface area contributed by atoms with Crippen molar-refractivity contribution in [2.24, 2.45) is 5.92 Å². The minimum absolute atomic E-state index is 0.0261. The van der Waals surface area contributed by atoms with E-state index in [1.807, 2.05) is 12.1 Å². The van der Waals surface area contributed by atoms with Crippen LogP contribution in [0.1, 0.15) is 56.9 Å². The molecule has 5 nitrogen and oxygen atoms in total. The van der Waals surface area contributed by atoms with Gasteiger partial charge in [-0.25, -0.2) is 0 Å². The predicted octanol–water partition coefficient (Wildman–Crippen LogP) is 5.68. The summed E-state index contributed by atoms with van der Waals surface area (Å²) in [6.45, 7) is 2.66. The summed E-state index contributed by atoms with van der Waals surface area (Å²) in [4.78, 5) is 13.2. The molecule has 35 heavy (non-hydrogen) atoms. The van der Waals surface area contributed by atoms with Gasteiger partial charge in [-0.2, -0.15) is 0 Å². The second-order valence-corrected chi connectivity index (χ2v) is 9.95. The van der Waals surface area contributed by atoms with Crippen LogP contribution >= 0.6 is 0 Å². The average Bonchev–Trinajstić information content (AvgIpc) is 3.20. The number of hydrogen-bond acceptors (Lipinski definition) is 4. The monoisotopic (exact) mass is 477 g/mol. The molecule has 2 N–H and O–H groups in total. The molecule has 1 unspecified atom stereocenters. The van der Waals surface area contributed by atoms with Crippen LogP contribution in [0.4, 0.5) is 0 Å². The van der Waals surface area contributed by atoms with Crippen molar-refractivity contribution in [3.05, 3.63) is 72.3 Å². The van der Waals surface area contributed by atoms with Crippen LogP contribution in [0.2, 0.25) is 0 Å². The van der Waals surface area contributed by atoms with E-state index in [1.54, 1.807) is 0 Å². The van der Waals surface area contributed by atoms with Crippen molar-refractivity contribution in [1.82, 2.24) is 4.90 Å². The molecule has 0 spiro atoms. The number of piperidine rings is 1. The highest BCUT2D eigenvalue weighted by Crippen LogP contribution is 2.38. The van der Waals surface area contributed by atoms with E-state index in [0.717, 1.165) is 31.5 Å². The third-order valence-electron chi connectivity index (χ3n) is 7.48. The van der Waals surface area contributed by atoms with Crippen molar-refractivity contribution in [2.75, 3.05) is 13.1 Å². The second kappa shape index (κ2) is 13.0. The number of allylic oxidation sites excluding steroid dienone is 2. The highest BCUT2D eigenvalue weighted by atomic mass is 16.5. The van der Waals surface area contributed by atoms with Crippen molar-refractivity contribution in [3.8, 4) is 11.1 Å². The van der Waals surface area contributed by atoms with E-state index in [-0.39, 0.29) is 30.6 Å². The molecule has 4 rings (SSSR count). The zero-order chi connectivity index (χ0) is 24.5. The maximum Gasteiger partial charge on any atom is 0.303 e. The molecule has 5 heteroatoms. The highest BCUT2D eigenvalue weighted by molar-refractivity contribution is 5.66. The molecule has 2 fully saturated rings. The molecular weight excluding hydrogens is 438 g/mol. The van der Waals surface area contributed by atoms with E-state index < -0.39 is 5.97 Å². The third kappa shape index (κ3) is 7.26. The molecule has 0 amide bonds. The van der Waals surface area contributed by atoms with E-state index >= 15 is 0 Å². The Morgan fingerprint density at radius 3 is 2.34 bits per heavy atom. The maximum absolute atomic E-state index is 11.0. The Morgan fingerprint density at radius 2 is 1.63 bits per heavy atom. The molecule has 0 bridgehead atoms. The molecule has 1 aliphatic carbocycles. The van der Waals surface area contributed by atoms with Gasteiger partial charge in [-0.05, 0) is 61.9 Å². The maximum atomic E-state index is 11.0. The van der Waals surface area contributed by atoms with Crippen LogP contribution in [0.25, 0.3) is 11.1 Å². The van der Waals surface area contributed by atoms with Gasteiger partial charge in [0.2, 0.25) is 0 Å². The van der Waals surface area contributed by atoms with E-state index in [2.05, 4.69) is 59.5 Å². The highest BCUT2D eigenvalue weighted by Gasteiger charge is 2.45. The van der Waals surface area contributed by atoms with Crippen molar-refractivity contribution < 1.29 is 19.7 Å². The summed E-state index contributed by atoms with van der Waals surface area (Å²) in [6, 6.07) is 19.1. The minimum atomic E-state index is -0.760. The molecule has 2 aromatic carbocycles. The van der Waals surface area contributed by atoms with Crippen LogP contribution in [0.15, 0.2) is 66.7 Å². The van der Waals surface area contributed by atoms with Gasteiger partial charge < -0.3 is 14.9 Å². The molecule has 4 atom stereocenters. The number of carboxylic acids is 1. The third-order valence-corrected chi connectivity index (χ3v) is 7.48. The fourth-order valence-electron chi connectivity index (χ4n) is 5.69. The molecule has 188 valence electrons. The topological polar surface area (TPSA) is 70.0 Å². The number of carboxylic acid groups (broad SMARTS) is 1. The summed E-state index contributed by atoms with van der Waals surface area (Å²) >= 11 is 0. The van der Waals surface area contributed by atoms with E-state index in [1.165, 1.54) is 30.4 Å². The van der Waals surface area contributed by atoms with Gasteiger partial charge in [0.05, 0.1) is 18.8 Å². The smallest absolute Gasteiger partial charge is 0.303 e. The van der Waals surface area contributed by atoms with Crippen molar-refractivity contribution >= 4 is 5.97 Å². The SMILES string of the molecule is O=C(O)CC/C=C\CC[C@H]1C(OCc2ccc(-c3ccccc3)cc2)C[C@@H](O)[C@H]1N1CCCCC1. The number of carbonyl (C=O) groups is 1. The van der Waals surface area contributed by atoms with Gasteiger partial charge in [0.1, 0.15) is 0 Å². The Kier molecular flexibility index (Phi) is 9.52. The average molecular weight is 478 g/mol. The van der Waals surface area contributed by atoms with Crippen LogP contribution in [0.3, 0.4) is 0 Å². The van der Waals surface area contributed by atoms with Crippen molar-refractivity contribution in [3.63, 3.8) is 0 Å². The molecule has 1 saturated heterocycles. The normalized spacial score (nSPS) is 25.3. The van der Waals surface area contributed by atoms with Crippen molar-refractivity contribution in [1.29, 1.82) is 0 Å². The standard InChI is InChI=1S/C30H39NO4/c32-27-21-28(35-22-23-15-17-25(18-16-23)24-11-5-3-6-12-24)26(13-7-1-2-8-14-29(33)34)30(27)31-19-9-4-10-20-31/h1-3,5-6,11-12,15-18,26-28,30,32H,4,7-10,13-14,19-22H2,(H,33,34)/b2-1-/t26-,27+,28?,30-/m0/s1. The lowest BCUT2D eigenvalue weighted by Gasteiger charge is -2.38. The van der Waals surface area contributed by atoms with E-state index in [4.69, 9.17) is 9.84 Å². The fraction of sp³-hybridized carbons (Fsp3) is 0.500. The number of aliphatic hydroxyl groups excluding tert-OH is 1. The molecule has 2 aromatic rings. The Balaban J connectivity index is 1.37. The van der Waals surface area contributed by atoms with Gasteiger partial charge in [0, 0.05) is 24.8 Å². The predicted molar refractivity (Wildman–Crippen MR) is 139 cm³/mol. The first-order valence-corrected chi connectivity index (χ1v) is 13.2. The summed E-state index contributed by atoms with van der Waals surface area (Å²) < 4.78 is 6.46. The molecule has 0 radical (unpaired) electrons. The lowest BCUT2D eigenvalue weighted by molar-refractivity contribution is -0.136. The summed E-state index contributed by atoms with van der Waals surface area (Å²) in [6.07, 6.45) is 10.6. The molecular formula is C30H39NO4. The van der Waals surface area contributed by atoms with E-state index in [9.17, 15) is 9.90 Å². The van der Waals surface area contributed by atoms with Crippen LogP contribution in [0.5, 0.6) is 0 Å². The largest absolute Gasteiger partial charge is 0.481 e. The van der Waals surface area contributed by atoms with Gasteiger partial charge >= 0.3 is 5.97 Å². The number of rotatable bonds is 11. The van der Waals surface area contributed by atoms with E-state index in [0.29, 0.717) is 19.4 Å². The summed E-state index contributed by atoms with van der Waals surface area (Å²) in [7, 11) is 0. The lowest BCUT2D eigenvalue weighted by atomic mass is 9.92. The number of aliphatic carboxylic acids is 1. The number of aliphatic hydroxyl groups is 1. The van der Waals surface area contributed by atoms with Gasteiger partial charge in [-0.1, -0.05) is 73.2 Å². The fourth-order valence-corrected chi connectivity index (χ4v) is 5.69. The second-order valence-electron chi connectivity index (χ2n) is 9.95. The summed E-state index contributed by atoms with van der Waals surface area (Å²) in [5.41, 5.74) is 3.55.